The quantitative estimate of drug-likeness (QED) is 0.252. The van der Waals surface area contributed by atoms with Crippen molar-refractivity contribution in [3.05, 3.63) is 24.3 Å². The lowest BCUT2D eigenvalue weighted by Gasteiger charge is -2.02. The SMILES string of the molecule is CCCCCCCCCCCCCC/C=C/C=C/CCO. The summed E-state index contributed by atoms with van der Waals surface area (Å²) < 4.78 is 0. The highest BCUT2D eigenvalue weighted by molar-refractivity contribution is 5.02. The summed E-state index contributed by atoms with van der Waals surface area (Å²) in [5.74, 6) is 0. The molecule has 0 aromatic heterocycles. The minimum absolute atomic E-state index is 0.253. The van der Waals surface area contributed by atoms with Gasteiger partial charge in [-0.25, -0.2) is 0 Å². The molecule has 0 saturated carbocycles. The van der Waals surface area contributed by atoms with E-state index in [1.54, 1.807) is 0 Å². The molecule has 0 aliphatic carbocycles. The van der Waals surface area contributed by atoms with Crippen molar-refractivity contribution in [2.24, 2.45) is 0 Å². The maximum absolute atomic E-state index is 8.62. The first-order chi connectivity index (χ1) is 10.4. The molecule has 0 atom stereocenters. The second-order valence-corrected chi connectivity index (χ2v) is 6.05. The first kappa shape index (κ1) is 20.4. The molecule has 0 unspecified atom stereocenters. The van der Waals surface area contributed by atoms with E-state index < -0.39 is 0 Å². The normalized spacial score (nSPS) is 11.9. The van der Waals surface area contributed by atoms with Gasteiger partial charge in [0.1, 0.15) is 0 Å². The molecule has 124 valence electrons. The van der Waals surface area contributed by atoms with Crippen LogP contribution in [0.5, 0.6) is 0 Å². The van der Waals surface area contributed by atoms with Crippen molar-refractivity contribution >= 4 is 0 Å². The standard InChI is InChI=1S/C20H38O/c1-2-3-4-5-6-7-8-9-10-11-12-13-14-15-16-17-18-19-20-21/h15-18,21H,2-14,19-20H2,1H3/b16-15+,18-17+. The molecule has 0 amide bonds. The highest BCUT2D eigenvalue weighted by Gasteiger charge is 1.92. The van der Waals surface area contributed by atoms with Gasteiger partial charge in [0.05, 0.1) is 0 Å². The van der Waals surface area contributed by atoms with Crippen LogP contribution in [0, 0.1) is 0 Å². The van der Waals surface area contributed by atoms with Crippen LogP contribution in [-0.2, 0) is 0 Å². The molecule has 0 fully saturated rings. The number of rotatable bonds is 16. The van der Waals surface area contributed by atoms with Gasteiger partial charge < -0.3 is 5.11 Å². The molecule has 0 aliphatic rings. The van der Waals surface area contributed by atoms with Crippen LogP contribution in [0.25, 0.3) is 0 Å². The van der Waals surface area contributed by atoms with Gasteiger partial charge in [-0.2, -0.15) is 0 Å². The Balaban J connectivity index is 3.05. The van der Waals surface area contributed by atoms with Crippen LogP contribution in [0.15, 0.2) is 24.3 Å². The van der Waals surface area contributed by atoms with Gasteiger partial charge in [0.15, 0.2) is 0 Å². The molecule has 0 aromatic rings. The van der Waals surface area contributed by atoms with E-state index in [-0.39, 0.29) is 6.61 Å². The molecule has 0 saturated heterocycles. The van der Waals surface area contributed by atoms with Crippen molar-refractivity contribution in [1.82, 2.24) is 0 Å². The lowest BCUT2D eigenvalue weighted by atomic mass is 10.0. The zero-order chi connectivity index (χ0) is 15.4. The van der Waals surface area contributed by atoms with Crippen molar-refractivity contribution in [1.29, 1.82) is 0 Å². The van der Waals surface area contributed by atoms with Crippen molar-refractivity contribution in [2.45, 2.75) is 96.8 Å². The Bertz CT molecular complexity index is 230. The summed E-state index contributed by atoms with van der Waals surface area (Å²) in [4.78, 5) is 0. The van der Waals surface area contributed by atoms with Gasteiger partial charge in [0.2, 0.25) is 0 Å². The van der Waals surface area contributed by atoms with Gasteiger partial charge in [-0.1, -0.05) is 102 Å². The van der Waals surface area contributed by atoms with Gasteiger partial charge in [-0.05, 0) is 19.3 Å². The number of allylic oxidation sites excluding steroid dienone is 3. The summed E-state index contributed by atoms with van der Waals surface area (Å²) in [6.07, 6.45) is 27.3. The van der Waals surface area contributed by atoms with E-state index in [2.05, 4.69) is 19.1 Å². The van der Waals surface area contributed by atoms with E-state index in [4.69, 9.17) is 5.11 Å². The van der Waals surface area contributed by atoms with Crippen LogP contribution in [0.1, 0.15) is 96.8 Å². The summed E-state index contributed by atoms with van der Waals surface area (Å²) >= 11 is 0. The lowest BCUT2D eigenvalue weighted by Crippen LogP contribution is -1.82. The van der Waals surface area contributed by atoms with Crippen LogP contribution in [0.3, 0.4) is 0 Å². The fourth-order valence-electron chi connectivity index (χ4n) is 2.53. The molecule has 0 heterocycles. The Labute approximate surface area is 133 Å². The molecule has 1 nitrogen and oxygen atoms in total. The zero-order valence-corrected chi connectivity index (χ0v) is 14.4. The number of hydrogen-bond donors (Lipinski definition) is 1. The predicted molar refractivity (Wildman–Crippen MR) is 95.7 cm³/mol. The number of hydrogen-bond acceptors (Lipinski definition) is 1. The van der Waals surface area contributed by atoms with Crippen molar-refractivity contribution in [2.75, 3.05) is 6.61 Å². The highest BCUT2D eigenvalue weighted by atomic mass is 16.2. The van der Waals surface area contributed by atoms with Crippen molar-refractivity contribution in [3.8, 4) is 0 Å². The average Bonchev–Trinajstić information content (AvgIpc) is 2.50. The van der Waals surface area contributed by atoms with Crippen LogP contribution in [0.4, 0.5) is 0 Å². The summed E-state index contributed by atoms with van der Waals surface area (Å²) in [6, 6.07) is 0. The van der Waals surface area contributed by atoms with Crippen LogP contribution >= 0.6 is 0 Å². The van der Waals surface area contributed by atoms with Gasteiger partial charge in [-0.15, -0.1) is 0 Å². The molecule has 0 bridgehead atoms. The summed E-state index contributed by atoms with van der Waals surface area (Å²) in [5.41, 5.74) is 0. The van der Waals surface area contributed by atoms with Gasteiger partial charge in [0.25, 0.3) is 0 Å². The number of aliphatic hydroxyl groups is 1. The number of unbranched alkanes of at least 4 members (excludes halogenated alkanes) is 12. The predicted octanol–water partition coefficient (Wildman–Crippen LogP) is 6.57. The topological polar surface area (TPSA) is 20.2 Å². The highest BCUT2D eigenvalue weighted by Crippen LogP contribution is 2.12. The van der Waals surface area contributed by atoms with Gasteiger partial charge >= 0.3 is 0 Å². The Morgan fingerprint density at radius 1 is 0.571 bits per heavy atom. The Hall–Kier alpha value is -0.560. The third kappa shape index (κ3) is 19.4. The monoisotopic (exact) mass is 294 g/mol. The van der Waals surface area contributed by atoms with Crippen LogP contribution < -0.4 is 0 Å². The molecule has 0 rings (SSSR count). The second kappa shape index (κ2) is 19.4. The first-order valence-corrected chi connectivity index (χ1v) is 9.34. The van der Waals surface area contributed by atoms with E-state index >= 15 is 0 Å². The summed E-state index contributed by atoms with van der Waals surface area (Å²) in [5, 5.41) is 8.62. The Morgan fingerprint density at radius 2 is 1.00 bits per heavy atom. The average molecular weight is 295 g/mol. The third-order valence-corrected chi connectivity index (χ3v) is 3.90. The lowest BCUT2D eigenvalue weighted by molar-refractivity contribution is 0.302. The second-order valence-electron chi connectivity index (χ2n) is 6.05. The van der Waals surface area contributed by atoms with Gasteiger partial charge in [0, 0.05) is 6.61 Å². The maximum Gasteiger partial charge on any atom is 0.0465 e. The molecule has 0 aromatic carbocycles. The van der Waals surface area contributed by atoms with Crippen LogP contribution in [0.2, 0.25) is 0 Å². The summed E-state index contributed by atoms with van der Waals surface area (Å²) in [6.45, 7) is 2.53. The Morgan fingerprint density at radius 3 is 1.48 bits per heavy atom. The van der Waals surface area contributed by atoms with Crippen molar-refractivity contribution < 1.29 is 5.11 Å². The van der Waals surface area contributed by atoms with E-state index in [0.717, 1.165) is 6.42 Å². The first-order valence-electron chi connectivity index (χ1n) is 9.34. The van der Waals surface area contributed by atoms with E-state index in [0.29, 0.717) is 0 Å². The smallest absolute Gasteiger partial charge is 0.0465 e. The zero-order valence-electron chi connectivity index (χ0n) is 14.4. The fraction of sp³-hybridized carbons (Fsp3) is 0.800. The van der Waals surface area contributed by atoms with E-state index in [1.165, 1.54) is 83.5 Å². The molecule has 0 radical (unpaired) electrons. The fourth-order valence-corrected chi connectivity index (χ4v) is 2.53. The van der Waals surface area contributed by atoms with E-state index in [1.807, 2.05) is 12.2 Å². The molecule has 21 heavy (non-hydrogen) atoms. The van der Waals surface area contributed by atoms with E-state index in [9.17, 15) is 0 Å². The van der Waals surface area contributed by atoms with Crippen molar-refractivity contribution in [3.63, 3.8) is 0 Å². The molecule has 1 heteroatoms. The third-order valence-electron chi connectivity index (χ3n) is 3.90. The molecule has 0 spiro atoms. The van der Waals surface area contributed by atoms with Gasteiger partial charge in [-0.3, -0.25) is 0 Å². The molecule has 0 aliphatic heterocycles. The molecular formula is C20H38O. The van der Waals surface area contributed by atoms with Crippen LogP contribution in [-0.4, -0.2) is 11.7 Å². The maximum atomic E-state index is 8.62. The Kier molecular flexibility index (Phi) is 18.9. The minimum Gasteiger partial charge on any atom is -0.396 e. The largest absolute Gasteiger partial charge is 0.396 e. The summed E-state index contributed by atoms with van der Waals surface area (Å²) in [7, 11) is 0. The minimum atomic E-state index is 0.253. The number of aliphatic hydroxyl groups excluding tert-OH is 1. The molecule has 1 N–H and O–H groups in total. The molecular weight excluding hydrogens is 256 g/mol.